The highest BCUT2D eigenvalue weighted by molar-refractivity contribution is 6.26. The molecule has 0 aliphatic rings. The molecule has 0 bridgehead atoms. The lowest BCUT2D eigenvalue weighted by atomic mass is 10.3. The Morgan fingerprint density at radius 3 is 2.46 bits per heavy atom. The van der Waals surface area contributed by atoms with Crippen LogP contribution in [0.25, 0.3) is 0 Å². The molecule has 2 amide bonds. The van der Waals surface area contributed by atoms with Crippen molar-refractivity contribution in [3.8, 4) is 0 Å². The summed E-state index contributed by atoms with van der Waals surface area (Å²) in [6.07, 6.45) is 0.479. The molecule has 0 atom stereocenters. The maximum Gasteiger partial charge on any atom is 0.381 e. The number of unbranched alkanes of at least 4 members (excludes halogenated alkanes) is 1. The molecule has 24 heavy (non-hydrogen) atoms. The van der Waals surface area contributed by atoms with Crippen LogP contribution in [0.3, 0.4) is 0 Å². The van der Waals surface area contributed by atoms with Crippen LogP contribution in [0.2, 0.25) is 6.04 Å². The third-order valence-electron chi connectivity index (χ3n) is 2.87. The van der Waals surface area contributed by atoms with Crippen LogP contribution in [0.15, 0.2) is 12.1 Å². The molecule has 0 aliphatic carbocycles. The fourth-order valence-corrected chi connectivity index (χ4v) is 2.61. The number of carbonyl (C=O) groups excluding carboxylic acids is 1. The summed E-state index contributed by atoms with van der Waals surface area (Å²) in [5, 5.41) is 15.4. The van der Waals surface area contributed by atoms with Gasteiger partial charge in [-0.15, -0.1) is 5.12 Å². The van der Waals surface area contributed by atoms with Crippen LogP contribution in [0.4, 0.5) is 32.6 Å². The molecule has 6 nitrogen and oxygen atoms in total. The molecule has 0 saturated carbocycles. The lowest BCUT2D eigenvalue weighted by Crippen LogP contribution is -2.35. The zero-order valence-electron chi connectivity index (χ0n) is 12.3. The Hall–Kier alpha value is -1.76. The first-order valence-corrected chi connectivity index (χ1v) is 8.37. The number of benzene rings is 1. The zero-order valence-corrected chi connectivity index (χ0v) is 13.7. The van der Waals surface area contributed by atoms with E-state index in [1.165, 1.54) is 0 Å². The van der Waals surface area contributed by atoms with Gasteiger partial charge in [0, 0.05) is 0 Å². The topological polar surface area (TPSA) is 73.2 Å². The van der Waals surface area contributed by atoms with Crippen LogP contribution in [0, 0.1) is 17.5 Å². The van der Waals surface area contributed by atoms with Gasteiger partial charge in [0.15, 0.2) is 27.2 Å². The molecule has 1 aromatic carbocycles. The van der Waals surface area contributed by atoms with Crippen molar-refractivity contribution in [1.29, 1.82) is 0 Å². The number of aliphatic hydroxyl groups excluding tert-OH is 1. The summed E-state index contributed by atoms with van der Waals surface area (Å²) in [4.78, 5) is 11.4. The average Bonchev–Trinajstić information content (AvgIpc) is 2.54. The molecule has 12 heteroatoms. The highest BCUT2D eigenvalue weighted by Crippen LogP contribution is 2.25. The Balaban J connectivity index is 2.49. The van der Waals surface area contributed by atoms with E-state index in [1.807, 2.05) is 0 Å². The Labute approximate surface area is 135 Å². The third kappa shape index (κ3) is 5.70. The third-order valence-corrected chi connectivity index (χ3v) is 4.19. The number of hydrogen-bond acceptors (Lipinski definition) is 4. The van der Waals surface area contributed by atoms with Crippen molar-refractivity contribution in [3.63, 3.8) is 0 Å². The van der Waals surface area contributed by atoms with Gasteiger partial charge < -0.3 is 14.6 Å². The molecule has 0 aromatic heterocycles. The maximum atomic E-state index is 13.7. The van der Waals surface area contributed by atoms with E-state index < -0.39 is 62.2 Å². The minimum atomic E-state index is -1.98. The summed E-state index contributed by atoms with van der Waals surface area (Å²) in [7, 11) is -1.21. The van der Waals surface area contributed by atoms with Crippen molar-refractivity contribution in [2.45, 2.75) is 25.4 Å². The quantitative estimate of drug-likeness (QED) is 0.181. The summed E-state index contributed by atoms with van der Waals surface area (Å²) >= 11 is 0. The van der Waals surface area contributed by atoms with Crippen molar-refractivity contribution < 1.29 is 41.6 Å². The first-order valence-electron chi connectivity index (χ1n) is 6.80. The van der Waals surface area contributed by atoms with Crippen LogP contribution in [-0.2, 0) is 4.43 Å². The number of aliphatic hydroxyl groups is 2. The summed E-state index contributed by atoms with van der Waals surface area (Å²) in [6.45, 7) is -2.39. The van der Waals surface area contributed by atoms with Crippen molar-refractivity contribution in [2.75, 3.05) is 11.7 Å². The van der Waals surface area contributed by atoms with Gasteiger partial charge in [-0.2, -0.15) is 5.12 Å². The van der Waals surface area contributed by atoms with E-state index in [-0.39, 0.29) is 6.42 Å². The number of anilines is 1. The van der Waals surface area contributed by atoms with E-state index in [2.05, 4.69) is 4.43 Å². The molecule has 136 valence electrons. The highest BCUT2D eigenvalue weighted by Gasteiger charge is 2.27. The van der Waals surface area contributed by atoms with Gasteiger partial charge in [-0.3, -0.25) is 0 Å². The van der Waals surface area contributed by atoms with Crippen LogP contribution in [-0.4, -0.2) is 44.2 Å². The predicted octanol–water partition coefficient (Wildman–Crippen LogP) is 1.67. The Kier molecular flexibility index (Phi) is 8.04. The van der Waals surface area contributed by atoms with Crippen LogP contribution < -0.4 is 5.12 Å². The Morgan fingerprint density at radius 2 is 1.83 bits per heavy atom. The zero-order chi connectivity index (χ0) is 18.3. The van der Waals surface area contributed by atoms with Crippen molar-refractivity contribution in [3.05, 3.63) is 29.6 Å². The molecule has 0 saturated heterocycles. The maximum absolute atomic E-state index is 13.7. The molecule has 0 radical (unpaired) electrons. The summed E-state index contributed by atoms with van der Waals surface area (Å²) in [6, 6.07) is -0.574. The van der Waals surface area contributed by atoms with Crippen LogP contribution in [0.1, 0.15) is 12.8 Å². The summed E-state index contributed by atoms with van der Waals surface area (Å²) in [5.74, 6) is -5.51. The number of urea groups is 1. The molecular formula is C12H15F5N2O4Si. The Morgan fingerprint density at radius 1 is 1.17 bits per heavy atom. The Bertz CT molecular complexity index is 566. The smallest absolute Gasteiger partial charge is 0.379 e. The number of hydrogen-bond donors (Lipinski definition) is 2. The van der Waals surface area contributed by atoms with Crippen molar-refractivity contribution >= 4 is 21.5 Å². The largest absolute Gasteiger partial charge is 0.381 e. The molecule has 2 N–H and O–H groups in total. The molecule has 0 heterocycles. The van der Waals surface area contributed by atoms with E-state index in [0.29, 0.717) is 24.6 Å². The monoisotopic (exact) mass is 374 g/mol. The summed E-state index contributed by atoms with van der Waals surface area (Å²) < 4.78 is 70.8. The highest BCUT2D eigenvalue weighted by atomic mass is 28.2. The van der Waals surface area contributed by atoms with Gasteiger partial charge in [0.05, 0.1) is 6.54 Å². The fourth-order valence-electron chi connectivity index (χ4n) is 1.68. The van der Waals surface area contributed by atoms with Crippen LogP contribution >= 0.6 is 0 Å². The van der Waals surface area contributed by atoms with Gasteiger partial charge in [-0.25, -0.2) is 18.0 Å². The lowest BCUT2D eigenvalue weighted by molar-refractivity contribution is -0.180. The molecule has 0 spiro atoms. The lowest BCUT2D eigenvalue weighted by Gasteiger charge is -2.18. The van der Waals surface area contributed by atoms with E-state index in [9.17, 15) is 26.9 Å². The van der Waals surface area contributed by atoms with Gasteiger partial charge in [-0.05, 0) is 24.6 Å². The molecular weight excluding hydrogens is 359 g/mol. The molecule has 0 unspecified atom stereocenters. The second kappa shape index (κ2) is 9.51. The molecule has 1 rings (SSSR count). The SMILES string of the molecule is O=C(N(F)CCCC[SiH2]OC(O)O)N(F)c1ccc(F)c(F)c1F. The minimum Gasteiger partial charge on any atom is -0.379 e. The van der Waals surface area contributed by atoms with Gasteiger partial charge >= 0.3 is 6.03 Å². The van der Waals surface area contributed by atoms with Gasteiger partial charge in [0.2, 0.25) is 0 Å². The van der Waals surface area contributed by atoms with E-state index >= 15 is 0 Å². The average molecular weight is 374 g/mol. The number of amides is 2. The van der Waals surface area contributed by atoms with E-state index in [0.717, 1.165) is 0 Å². The summed E-state index contributed by atoms with van der Waals surface area (Å²) in [5.41, 5.74) is -1.25. The van der Waals surface area contributed by atoms with Gasteiger partial charge in [-0.1, -0.05) is 15.4 Å². The minimum absolute atomic E-state index is 0.105. The second-order valence-electron chi connectivity index (χ2n) is 4.60. The number of halogens is 5. The predicted molar refractivity (Wildman–Crippen MR) is 75.0 cm³/mol. The fraction of sp³-hybridized carbons (Fsp3) is 0.417. The normalized spacial score (nSPS) is 11.5. The van der Waals surface area contributed by atoms with E-state index in [4.69, 9.17) is 10.2 Å². The van der Waals surface area contributed by atoms with E-state index in [1.54, 1.807) is 0 Å². The molecule has 1 aromatic rings. The standard InChI is InChI=1S/C12H15F5N2O4Si/c13-7-3-4-8(10(15)9(7)14)19(17)11(20)18(16)5-1-2-6-24-23-12(21)22/h3-4,12,21-22H,1-2,5-6,24H2. The first-order chi connectivity index (χ1) is 11.3. The van der Waals surface area contributed by atoms with Crippen LogP contribution in [0.5, 0.6) is 0 Å². The molecule has 0 aliphatic heterocycles. The number of rotatable bonds is 8. The van der Waals surface area contributed by atoms with Gasteiger partial charge in [0.1, 0.15) is 5.69 Å². The number of carbonyl (C=O) groups is 1. The number of nitrogens with zero attached hydrogens (tertiary/aromatic N) is 2. The molecule has 0 fully saturated rings. The van der Waals surface area contributed by atoms with Gasteiger partial charge in [0.25, 0.3) is 6.48 Å². The van der Waals surface area contributed by atoms with Crippen molar-refractivity contribution in [1.82, 2.24) is 5.12 Å². The first kappa shape index (κ1) is 20.3. The second-order valence-corrected chi connectivity index (χ2v) is 6.05. The van der Waals surface area contributed by atoms with Crippen molar-refractivity contribution in [2.24, 2.45) is 0 Å².